The van der Waals surface area contributed by atoms with Gasteiger partial charge in [0.2, 0.25) is 0 Å². The Hall–Kier alpha value is -1.29. The van der Waals surface area contributed by atoms with Crippen LogP contribution in [0.5, 0.6) is 5.75 Å². The Morgan fingerprint density at radius 1 is 1.41 bits per heavy atom. The second-order valence-corrected chi connectivity index (χ2v) is 3.80. The molecule has 17 heavy (non-hydrogen) atoms. The lowest BCUT2D eigenvalue weighted by atomic mass is 10.1. The molecular weight excluding hydrogens is 245 g/mol. The fourth-order valence-corrected chi connectivity index (χ4v) is 1.88. The van der Waals surface area contributed by atoms with Crippen LogP contribution in [-0.2, 0) is 0 Å². The van der Waals surface area contributed by atoms with Crippen molar-refractivity contribution >= 4 is 17.5 Å². The minimum Gasteiger partial charge on any atom is -0.492 e. The first-order valence-corrected chi connectivity index (χ1v) is 5.75. The average Bonchev–Trinajstić information content (AvgIpc) is 2.31. The standard InChI is InChI=1S/C12H15ClFNO2/c1-4-15(5-2)12(16)8-6-7-9(14)11(17-3)10(8)13/h6-7H,4-5H2,1-3H3. The van der Waals surface area contributed by atoms with Crippen LogP contribution in [-0.4, -0.2) is 31.0 Å². The van der Waals surface area contributed by atoms with E-state index in [1.165, 1.54) is 19.2 Å². The van der Waals surface area contributed by atoms with Crippen molar-refractivity contribution in [3.05, 3.63) is 28.5 Å². The van der Waals surface area contributed by atoms with Crippen LogP contribution in [0.2, 0.25) is 5.02 Å². The molecule has 0 heterocycles. The van der Waals surface area contributed by atoms with Crippen LogP contribution >= 0.6 is 11.6 Å². The van der Waals surface area contributed by atoms with E-state index >= 15 is 0 Å². The van der Waals surface area contributed by atoms with E-state index in [4.69, 9.17) is 16.3 Å². The van der Waals surface area contributed by atoms with E-state index in [1.807, 2.05) is 13.8 Å². The van der Waals surface area contributed by atoms with Crippen molar-refractivity contribution in [3.63, 3.8) is 0 Å². The Balaban J connectivity index is 3.19. The van der Waals surface area contributed by atoms with Crippen molar-refractivity contribution in [2.24, 2.45) is 0 Å². The van der Waals surface area contributed by atoms with Gasteiger partial charge in [-0.05, 0) is 26.0 Å². The summed E-state index contributed by atoms with van der Waals surface area (Å²) < 4.78 is 18.2. The van der Waals surface area contributed by atoms with Gasteiger partial charge in [-0.1, -0.05) is 11.6 Å². The Labute approximate surface area is 105 Å². The highest BCUT2D eigenvalue weighted by molar-refractivity contribution is 6.35. The van der Waals surface area contributed by atoms with Gasteiger partial charge in [0.25, 0.3) is 5.91 Å². The maximum Gasteiger partial charge on any atom is 0.255 e. The van der Waals surface area contributed by atoms with Gasteiger partial charge in [0.1, 0.15) is 0 Å². The van der Waals surface area contributed by atoms with Gasteiger partial charge in [-0.3, -0.25) is 4.79 Å². The molecule has 0 fully saturated rings. The first-order chi connectivity index (χ1) is 8.06. The van der Waals surface area contributed by atoms with Crippen LogP contribution in [0.15, 0.2) is 12.1 Å². The summed E-state index contributed by atoms with van der Waals surface area (Å²) in [5, 5.41) is 0.0180. The zero-order valence-electron chi connectivity index (χ0n) is 10.1. The summed E-state index contributed by atoms with van der Waals surface area (Å²) in [5.74, 6) is -0.892. The van der Waals surface area contributed by atoms with E-state index in [9.17, 15) is 9.18 Å². The van der Waals surface area contributed by atoms with Crippen molar-refractivity contribution in [1.82, 2.24) is 4.90 Å². The van der Waals surface area contributed by atoms with Gasteiger partial charge in [-0.15, -0.1) is 0 Å². The second kappa shape index (κ2) is 5.87. The fourth-order valence-electron chi connectivity index (χ4n) is 1.57. The van der Waals surface area contributed by atoms with Crippen LogP contribution in [0.25, 0.3) is 0 Å². The number of ether oxygens (including phenoxy) is 1. The first-order valence-electron chi connectivity index (χ1n) is 5.38. The third kappa shape index (κ3) is 2.69. The molecular formula is C12H15ClFNO2. The SMILES string of the molecule is CCN(CC)C(=O)c1ccc(F)c(OC)c1Cl. The van der Waals surface area contributed by atoms with Gasteiger partial charge < -0.3 is 9.64 Å². The predicted molar refractivity (Wildman–Crippen MR) is 65.2 cm³/mol. The van der Waals surface area contributed by atoms with Crippen LogP contribution in [0.4, 0.5) is 4.39 Å². The molecule has 0 aromatic heterocycles. The number of hydrogen-bond donors (Lipinski definition) is 0. The Morgan fingerprint density at radius 3 is 2.47 bits per heavy atom. The lowest BCUT2D eigenvalue weighted by Crippen LogP contribution is -2.30. The molecule has 0 saturated carbocycles. The van der Waals surface area contributed by atoms with Crippen molar-refractivity contribution in [1.29, 1.82) is 0 Å². The normalized spacial score (nSPS) is 10.2. The fraction of sp³-hybridized carbons (Fsp3) is 0.417. The van der Waals surface area contributed by atoms with E-state index in [0.29, 0.717) is 13.1 Å². The van der Waals surface area contributed by atoms with Gasteiger partial charge >= 0.3 is 0 Å². The van der Waals surface area contributed by atoms with Crippen molar-refractivity contribution < 1.29 is 13.9 Å². The Bertz CT molecular complexity index is 419. The molecule has 1 aromatic rings. The molecule has 0 saturated heterocycles. The number of carbonyl (C=O) groups is 1. The number of halogens is 2. The van der Waals surface area contributed by atoms with Crippen LogP contribution < -0.4 is 4.74 Å². The molecule has 0 unspecified atom stereocenters. The summed E-state index contributed by atoms with van der Waals surface area (Å²) >= 11 is 5.95. The number of methoxy groups -OCH3 is 1. The first kappa shape index (κ1) is 13.8. The Kier molecular flexibility index (Phi) is 4.75. The minimum absolute atomic E-state index is 0.0180. The smallest absolute Gasteiger partial charge is 0.255 e. The summed E-state index contributed by atoms with van der Waals surface area (Å²) in [6, 6.07) is 2.56. The van der Waals surface area contributed by atoms with Crippen molar-refractivity contribution in [3.8, 4) is 5.75 Å². The molecule has 0 N–H and O–H groups in total. The van der Waals surface area contributed by atoms with E-state index < -0.39 is 5.82 Å². The summed E-state index contributed by atoms with van der Waals surface area (Å²) in [6.45, 7) is 4.89. The van der Waals surface area contributed by atoms with Crippen LogP contribution in [0.3, 0.4) is 0 Å². The molecule has 0 aliphatic heterocycles. The maximum atomic E-state index is 13.3. The molecule has 3 nitrogen and oxygen atoms in total. The monoisotopic (exact) mass is 259 g/mol. The Morgan fingerprint density at radius 2 is 2.00 bits per heavy atom. The minimum atomic E-state index is -0.575. The van der Waals surface area contributed by atoms with Crippen LogP contribution in [0.1, 0.15) is 24.2 Å². The van der Waals surface area contributed by atoms with E-state index in [1.54, 1.807) is 4.90 Å². The summed E-state index contributed by atoms with van der Waals surface area (Å²) in [5.41, 5.74) is 0.258. The van der Waals surface area contributed by atoms with Gasteiger partial charge in [-0.25, -0.2) is 4.39 Å². The molecule has 1 amide bonds. The number of carbonyl (C=O) groups excluding carboxylic acids is 1. The largest absolute Gasteiger partial charge is 0.492 e. The van der Waals surface area contributed by atoms with Gasteiger partial charge in [0.05, 0.1) is 17.7 Å². The van der Waals surface area contributed by atoms with E-state index in [2.05, 4.69) is 0 Å². The third-order valence-corrected chi connectivity index (χ3v) is 2.91. The molecule has 1 aromatic carbocycles. The molecule has 0 aliphatic carbocycles. The molecule has 0 aliphatic rings. The zero-order valence-corrected chi connectivity index (χ0v) is 10.8. The quantitative estimate of drug-likeness (QED) is 0.832. The number of amides is 1. The highest BCUT2D eigenvalue weighted by atomic mass is 35.5. The van der Waals surface area contributed by atoms with Crippen molar-refractivity contribution in [2.45, 2.75) is 13.8 Å². The molecule has 5 heteroatoms. The number of benzene rings is 1. The zero-order chi connectivity index (χ0) is 13.0. The molecule has 0 bridgehead atoms. The molecule has 94 valence electrons. The molecule has 0 atom stereocenters. The summed E-state index contributed by atoms with van der Waals surface area (Å²) in [7, 11) is 1.32. The molecule has 0 radical (unpaired) electrons. The van der Waals surface area contributed by atoms with Gasteiger partial charge in [0, 0.05) is 13.1 Å². The van der Waals surface area contributed by atoms with Gasteiger partial charge in [0.15, 0.2) is 11.6 Å². The van der Waals surface area contributed by atoms with E-state index in [0.717, 1.165) is 0 Å². The lowest BCUT2D eigenvalue weighted by molar-refractivity contribution is 0.0772. The summed E-state index contributed by atoms with van der Waals surface area (Å²) in [4.78, 5) is 13.7. The number of hydrogen-bond acceptors (Lipinski definition) is 2. The highest BCUT2D eigenvalue weighted by Crippen LogP contribution is 2.31. The topological polar surface area (TPSA) is 29.5 Å². The average molecular weight is 260 g/mol. The molecule has 0 spiro atoms. The maximum absolute atomic E-state index is 13.3. The molecule has 1 rings (SSSR count). The lowest BCUT2D eigenvalue weighted by Gasteiger charge is -2.19. The van der Waals surface area contributed by atoms with Crippen molar-refractivity contribution in [2.75, 3.05) is 20.2 Å². The summed E-state index contributed by atoms with van der Waals surface area (Å²) in [6.07, 6.45) is 0. The van der Waals surface area contributed by atoms with Gasteiger partial charge in [-0.2, -0.15) is 0 Å². The number of rotatable bonds is 4. The predicted octanol–water partition coefficient (Wildman–Crippen LogP) is 2.97. The number of nitrogens with zero attached hydrogens (tertiary/aromatic N) is 1. The third-order valence-electron chi connectivity index (χ3n) is 2.53. The highest BCUT2D eigenvalue weighted by Gasteiger charge is 2.20. The van der Waals surface area contributed by atoms with Crippen LogP contribution in [0, 0.1) is 5.82 Å². The van der Waals surface area contributed by atoms with E-state index in [-0.39, 0.29) is 22.2 Å². The second-order valence-electron chi connectivity index (χ2n) is 3.42.